The molecule has 58 valence electrons. The Bertz CT molecular complexity index is 116. The molecule has 1 heteroatoms. The summed E-state index contributed by atoms with van der Waals surface area (Å²) in [5.41, 5.74) is 0. The summed E-state index contributed by atoms with van der Waals surface area (Å²) in [6.45, 7) is 5.62. The van der Waals surface area contributed by atoms with Crippen LogP contribution in [0.5, 0.6) is 0 Å². The standard InChI is InChI=1S/C9H17N/c1-8(2)6-9-4-3-5-10-7-9/h7-9H,3-6H2,1-2H3. The lowest BCUT2D eigenvalue weighted by Crippen LogP contribution is -2.10. The fourth-order valence-corrected chi connectivity index (χ4v) is 1.53. The molecule has 1 heterocycles. The maximum absolute atomic E-state index is 4.29. The van der Waals surface area contributed by atoms with Crippen molar-refractivity contribution in [2.45, 2.75) is 33.1 Å². The van der Waals surface area contributed by atoms with Crippen molar-refractivity contribution in [1.29, 1.82) is 0 Å². The largest absolute Gasteiger partial charge is 0.297 e. The average molecular weight is 139 g/mol. The van der Waals surface area contributed by atoms with Gasteiger partial charge in [0.15, 0.2) is 0 Å². The van der Waals surface area contributed by atoms with Crippen molar-refractivity contribution in [3.05, 3.63) is 0 Å². The van der Waals surface area contributed by atoms with Crippen LogP contribution in [0.1, 0.15) is 33.1 Å². The van der Waals surface area contributed by atoms with Gasteiger partial charge in [0.2, 0.25) is 0 Å². The molecule has 1 aliphatic heterocycles. The molecule has 0 saturated carbocycles. The quantitative estimate of drug-likeness (QED) is 0.557. The van der Waals surface area contributed by atoms with Crippen molar-refractivity contribution in [3.63, 3.8) is 0 Å². The van der Waals surface area contributed by atoms with Gasteiger partial charge in [-0.15, -0.1) is 0 Å². The predicted molar refractivity (Wildman–Crippen MR) is 45.5 cm³/mol. The van der Waals surface area contributed by atoms with Gasteiger partial charge >= 0.3 is 0 Å². The van der Waals surface area contributed by atoms with Crippen molar-refractivity contribution in [3.8, 4) is 0 Å². The summed E-state index contributed by atoms with van der Waals surface area (Å²) >= 11 is 0. The van der Waals surface area contributed by atoms with E-state index >= 15 is 0 Å². The third-order valence-electron chi connectivity index (χ3n) is 1.95. The first kappa shape index (κ1) is 7.77. The normalized spacial score (nSPS) is 25.7. The van der Waals surface area contributed by atoms with E-state index in [1.807, 2.05) is 0 Å². The minimum absolute atomic E-state index is 0.786. The molecule has 0 N–H and O–H groups in total. The Hall–Kier alpha value is -0.330. The summed E-state index contributed by atoms with van der Waals surface area (Å²) in [4.78, 5) is 4.29. The highest BCUT2D eigenvalue weighted by molar-refractivity contribution is 5.61. The number of aliphatic imine (C=N–C) groups is 1. The van der Waals surface area contributed by atoms with E-state index in [0.717, 1.165) is 18.4 Å². The number of hydrogen-bond acceptors (Lipinski definition) is 1. The van der Waals surface area contributed by atoms with Gasteiger partial charge in [0.1, 0.15) is 0 Å². The molecule has 10 heavy (non-hydrogen) atoms. The van der Waals surface area contributed by atoms with Crippen LogP contribution in [0.25, 0.3) is 0 Å². The zero-order valence-electron chi connectivity index (χ0n) is 7.01. The molecule has 0 aromatic rings. The Morgan fingerprint density at radius 2 is 2.40 bits per heavy atom. The lowest BCUT2D eigenvalue weighted by molar-refractivity contribution is 0.459. The van der Waals surface area contributed by atoms with Gasteiger partial charge in [0, 0.05) is 12.8 Å². The molecule has 1 unspecified atom stereocenters. The summed E-state index contributed by atoms with van der Waals surface area (Å²) < 4.78 is 0. The van der Waals surface area contributed by atoms with E-state index in [0.29, 0.717) is 0 Å². The van der Waals surface area contributed by atoms with Gasteiger partial charge in [-0.2, -0.15) is 0 Å². The van der Waals surface area contributed by atoms with Gasteiger partial charge < -0.3 is 0 Å². The SMILES string of the molecule is CC(C)CC1C=NCCC1. The second kappa shape index (κ2) is 3.75. The third kappa shape index (κ3) is 2.51. The van der Waals surface area contributed by atoms with E-state index in [1.54, 1.807) is 0 Å². The Morgan fingerprint density at radius 1 is 1.60 bits per heavy atom. The highest BCUT2D eigenvalue weighted by atomic mass is 14.7. The molecule has 0 radical (unpaired) electrons. The molecule has 0 spiro atoms. The Morgan fingerprint density at radius 3 is 2.90 bits per heavy atom. The molecule has 1 aliphatic rings. The van der Waals surface area contributed by atoms with E-state index in [9.17, 15) is 0 Å². The molecule has 0 bridgehead atoms. The second-order valence-electron chi connectivity index (χ2n) is 3.59. The average Bonchev–Trinajstić information content (AvgIpc) is 1.88. The number of rotatable bonds is 2. The maximum atomic E-state index is 4.29. The highest BCUT2D eigenvalue weighted by Gasteiger charge is 2.10. The van der Waals surface area contributed by atoms with Gasteiger partial charge in [0.25, 0.3) is 0 Å². The monoisotopic (exact) mass is 139 g/mol. The van der Waals surface area contributed by atoms with Gasteiger partial charge in [0.05, 0.1) is 0 Å². The van der Waals surface area contributed by atoms with Gasteiger partial charge in [-0.05, 0) is 31.1 Å². The summed E-state index contributed by atoms with van der Waals surface area (Å²) in [6.07, 6.45) is 6.14. The first-order valence-electron chi connectivity index (χ1n) is 4.29. The van der Waals surface area contributed by atoms with E-state index in [-0.39, 0.29) is 0 Å². The first-order valence-corrected chi connectivity index (χ1v) is 4.29. The fraction of sp³-hybridized carbons (Fsp3) is 0.889. The van der Waals surface area contributed by atoms with Crippen LogP contribution in [0, 0.1) is 11.8 Å². The smallest absolute Gasteiger partial charge is 0.0385 e. The van der Waals surface area contributed by atoms with Gasteiger partial charge in [-0.3, -0.25) is 4.99 Å². The van der Waals surface area contributed by atoms with Crippen molar-refractivity contribution in [2.24, 2.45) is 16.8 Å². The fourth-order valence-electron chi connectivity index (χ4n) is 1.53. The molecule has 0 aromatic carbocycles. The third-order valence-corrected chi connectivity index (χ3v) is 1.95. The van der Waals surface area contributed by atoms with Crippen LogP contribution in [0.15, 0.2) is 4.99 Å². The van der Waals surface area contributed by atoms with E-state index in [4.69, 9.17) is 0 Å². The van der Waals surface area contributed by atoms with Crippen molar-refractivity contribution >= 4 is 6.21 Å². The lowest BCUT2D eigenvalue weighted by Gasteiger charge is -2.16. The molecule has 0 saturated heterocycles. The molecule has 0 aromatic heterocycles. The second-order valence-corrected chi connectivity index (χ2v) is 3.59. The van der Waals surface area contributed by atoms with Gasteiger partial charge in [-0.1, -0.05) is 13.8 Å². The summed E-state index contributed by atoms with van der Waals surface area (Å²) in [7, 11) is 0. The van der Waals surface area contributed by atoms with Crippen LogP contribution in [-0.2, 0) is 0 Å². The Kier molecular flexibility index (Phi) is 2.91. The van der Waals surface area contributed by atoms with E-state index in [1.165, 1.54) is 19.3 Å². The van der Waals surface area contributed by atoms with Crippen molar-refractivity contribution in [2.75, 3.05) is 6.54 Å². The first-order chi connectivity index (χ1) is 4.79. The van der Waals surface area contributed by atoms with E-state index < -0.39 is 0 Å². The minimum Gasteiger partial charge on any atom is -0.297 e. The molecule has 1 atom stereocenters. The molecular formula is C9H17N. The number of nitrogens with zero attached hydrogens (tertiary/aromatic N) is 1. The summed E-state index contributed by atoms with van der Waals surface area (Å²) in [6, 6.07) is 0. The maximum Gasteiger partial charge on any atom is 0.0385 e. The lowest BCUT2D eigenvalue weighted by atomic mass is 9.93. The molecule has 0 aliphatic carbocycles. The van der Waals surface area contributed by atoms with Crippen molar-refractivity contribution in [1.82, 2.24) is 0 Å². The Labute approximate surface area is 63.5 Å². The molecule has 1 nitrogen and oxygen atoms in total. The predicted octanol–water partition coefficient (Wildman–Crippen LogP) is 2.51. The van der Waals surface area contributed by atoms with Crippen molar-refractivity contribution < 1.29 is 0 Å². The van der Waals surface area contributed by atoms with Gasteiger partial charge in [-0.25, -0.2) is 0 Å². The zero-order valence-corrected chi connectivity index (χ0v) is 7.01. The zero-order chi connectivity index (χ0) is 7.40. The number of hydrogen-bond donors (Lipinski definition) is 0. The molecule has 0 amide bonds. The van der Waals surface area contributed by atoms with Crippen LogP contribution >= 0.6 is 0 Å². The summed E-state index contributed by atoms with van der Waals surface area (Å²) in [5.74, 6) is 1.61. The Balaban J connectivity index is 2.26. The molecule has 0 fully saturated rings. The van der Waals surface area contributed by atoms with E-state index in [2.05, 4.69) is 25.1 Å². The van der Waals surface area contributed by atoms with Crippen LogP contribution in [0.3, 0.4) is 0 Å². The minimum atomic E-state index is 0.786. The van der Waals surface area contributed by atoms with Crippen LogP contribution in [0.4, 0.5) is 0 Å². The topological polar surface area (TPSA) is 12.4 Å². The van der Waals surface area contributed by atoms with Crippen LogP contribution < -0.4 is 0 Å². The van der Waals surface area contributed by atoms with Crippen LogP contribution in [0.2, 0.25) is 0 Å². The summed E-state index contributed by atoms with van der Waals surface area (Å²) in [5, 5.41) is 0. The van der Waals surface area contributed by atoms with Crippen LogP contribution in [-0.4, -0.2) is 12.8 Å². The highest BCUT2D eigenvalue weighted by Crippen LogP contribution is 2.17. The molecule has 1 rings (SSSR count). The molecular weight excluding hydrogens is 122 g/mol.